The average molecular weight is 1970 g/mol. The van der Waals surface area contributed by atoms with Crippen LogP contribution in [0.15, 0.2) is 0 Å². The first-order valence-electron chi connectivity index (χ1n) is 56.2. The molecule has 2 N–H and O–H groups in total. The molecule has 810 valence electrons. The normalized spacial score (nSPS) is 52.0. The standard InChI is InChI=1S/C38H70O8.2C37H68O9/c1-15-28-20(6)19(5)25(11)35(40-28)44-32-26(12)31(18-4)41-36(27(32)13)45-34-24(10)22(8)30(17-3)43-38(34)46-33-23(9)21(7)29(16-2)42-37(33)39-14;1-14-26-18(5)21(8)30(38)35(41-26)45-32-22(9)19(6)28(16-3)43-37(32)46-33-23(10)20(7)27(15-2)42-36(33)44-31-24(11)29(17-4)40-34(39-13)25(31)12;1-14-26-18(5)20(7)32(36(39-13)42-26)46-37-33(21(8)19(6)27(15-2)43-37)45-35-25(12)31(23(10)29(17-4)41-35)44-34-24(11)30(38)22(9)28(16-3)40-34/h19-38H,15-18H2,1-14H3;2*18-38H,14-17H2,1-13H3/t19-,20-,21-,22-,23-,24-,25?,26+,27?,28?,29?,30?,31?,32-,33?,34?,35+,36+,37-,38+;18-,19-,20-,21-,22-,23-,24+,25?,26?,27?,28?,29?,30?,31-,32?,33?,34-,35+,36+,37+;18-,19-,20-,21-,22+,23+,24?,25?,26?,27?,28?,29?,30-,31-,32?,33?,34+,35+,36-,37+/m000/s1. The van der Waals surface area contributed by atoms with Crippen molar-refractivity contribution in [2.75, 3.05) is 21.3 Å². The lowest BCUT2D eigenvalue weighted by Crippen LogP contribution is -2.61. The van der Waals surface area contributed by atoms with Gasteiger partial charge in [-0.25, -0.2) is 0 Å². The van der Waals surface area contributed by atoms with E-state index in [-0.39, 0.29) is 241 Å². The predicted molar refractivity (Wildman–Crippen MR) is 533 cm³/mol. The third-order valence-electron chi connectivity index (χ3n) is 38.2. The highest BCUT2D eigenvalue weighted by Crippen LogP contribution is 2.51. The van der Waals surface area contributed by atoms with Crippen molar-refractivity contribution in [3.63, 3.8) is 0 Å². The lowest BCUT2D eigenvalue weighted by Gasteiger charge is -2.52. The lowest BCUT2D eigenvalue weighted by molar-refractivity contribution is -0.383. The van der Waals surface area contributed by atoms with Crippen LogP contribution >= 0.6 is 0 Å². The van der Waals surface area contributed by atoms with Crippen molar-refractivity contribution >= 4 is 0 Å². The number of aliphatic hydroxyl groups is 2. The molecule has 12 heterocycles. The summed E-state index contributed by atoms with van der Waals surface area (Å²) >= 11 is 0. The molecule has 0 spiro atoms. The first kappa shape index (κ1) is 119. The minimum atomic E-state index is -0.750. The van der Waals surface area contributed by atoms with Crippen molar-refractivity contribution in [3.05, 3.63) is 0 Å². The van der Waals surface area contributed by atoms with E-state index in [2.05, 4.69) is 249 Å². The van der Waals surface area contributed by atoms with E-state index >= 15 is 0 Å². The maximum absolute atomic E-state index is 11.3. The topological polar surface area (TPSA) is 262 Å². The van der Waals surface area contributed by atoms with E-state index in [0.29, 0.717) is 35.5 Å². The summed E-state index contributed by atoms with van der Waals surface area (Å²) in [4.78, 5) is 0. The molecule has 0 saturated carbocycles. The van der Waals surface area contributed by atoms with Crippen LogP contribution in [0.25, 0.3) is 0 Å². The van der Waals surface area contributed by atoms with Crippen molar-refractivity contribution in [1.82, 2.24) is 0 Å². The number of aliphatic hydroxyl groups excluding tert-OH is 2. The van der Waals surface area contributed by atoms with Gasteiger partial charge >= 0.3 is 0 Å². The molecular formula is C112H206O26. The molecule has 0 aromatic rings. The van der Waals surface area contributed by atoms with E-state index in [9.17, 15) is 10.2 Å². The number of rotatable bonds is 33. The SMILES string of the molecule is CCC1O[C@H](OC2[C@@H](OC)OC(CC)[C@@H](C)[C@@H]2C)C(O[C@H]2OC(CC)[C@@H](C)[C@H](O[C@H]3OC(CC)[C@@H](C)[C@H](O)C3C)C2C)[C@@H](C)[C@@H]1C.CCC1O[C@H](OC2[C@@H](OC3[C@@H](O[C@@H]4C(C)[C@@H](OC)OC(CC)[C@H]4C)OC(CC)[C@@H](C)[C@@H]3C)OC(CC)[C@@H](C)[C@@H]2C)C(O)[C@@H](C)[C@@H]1C.CCC1O[C@H](O[C@@H]2C(C)[C@@H](OC3[C@@H](OC4[C@@H](OC)OC(CC)[C@@H](C)[C@@H]4C)OC(CC)[C@@H](C)[C@@H]3C)OC(CC)[C@H]2C)C(C)[C@@H](C)[C@@H]1C. The molecule has 12 aliphatic heterocycles. The van der Waals surface area contributed by atoms with Crippen LogP contribution in [0.3, 0.4) is 0 Å². The van der Waals surface area contributed by atoms with E-state index < -0.39 is 87.3 Å². The number of ether oxygens (including phenoxy) is 24. The fourth-order valence-corrected chi connectivity index (χ4v) is 26.1. The molecule has 12 fully saturated rings. The van der Waals surface area contributed by atoms with Crippen molar-refractivity contribution < 1.29 is 124 Å². The minimum absolute atomic E-state index is 0.00923. The highest BCUT2D eigenvalue weighted by molar-refractivity contribution is 5.00. The number of hydrogen-bond acceptors (Lipinski definition) is 26. The fourth-order valence-electron chi connectivity index (χ4n) is 26.1. The van der Waals surface area contributed by atoms with Gasteiger partial charge < -0.3 is 124 Å². The van der Waals surface area contributed by atoms with E-state index in [0.717, 1.165) is 77.0 Å². The van der Waals surface area contributed by atoms with Crippen LogP contribution in [0, 0.1) is 148 Å². The van der Waals surface area contributed by atoms with Gasteiger partial charge in [0.1, 0.15) is 42.7 Å². The maximum Gasteiger partial charge on any atom is 0.185 e. The molecule has 12 aliphatic rings. The Labute approximate surface area is 838 Å². The number of methoxy groups -OCH3 is 3. The largest absolute Gasteiger partial charge is 0.392 e. The smallest absolute Gasteiger partial charge is 0.185 e. The molecule has 0 bridgehead atoms. The highest BCUT2D eigenvalue weighted by atomic mass is 16.8. The molecule has 0 amide bonds. The van der Waals surface area contributed by atoms with Crippen molar-refractivity contribution in [2.45, 2.75) is 549 Å². The summed E-state index contributed by atoms with van der Waals surface area (Å²) in [6.45, 7) is 81.3. The van der Waals surface area contributed by atoms with Gasteiger partial charge in [-0.3, -0.25) is 0 Å². The summed E-state index contributed by atoms with van der Waals surface area (Å²) in [6, 6.07) is 0. The molecule has 138 heavy (non-hydrogen) atoms. The Morgan fingerprint density at radius 2 is 0.304 bits per heavy atom. The van der Waals surface area contributed by atoms with Gasteiger partial charge in [0, 0.05) is 74.6 Å². The monoisotopic (exact) mass is 1970 g/mol. The second-order valence-corrected chi connectivity index (χ2v) is 46.0. The molecule has 26 heteroatoms. The zero-order valence-corrected chi connectivity index (χ0v) is 93.8. The molecule has 12 rings (SSSR count). The second-order valence-electron chi connectivity index (χ2n) is 46.0. The predicted octanol–water partition coefficient (Wildman–Crippen LogP) is 21.6. The summed E-state index contributed by atoms with van der Waals surface area (Å²) in [7, 11) is 5.09. The Bertz CT molecular complexity index is 3280. The third kappa shape index (κ3) is 26.0. The van der Waals surface area contributed by atoms with Gasteiger partial charge in [-0.05, 0) is 172 Å². The van der Waals surface area contributed by atoms with E-state index in [1.54, 1.807) is 21.3 Å². The van der Waals surface area contributed by atoms with Crippen LogP contribution < -0.4 is 0 Å². The van der Waals surface area contributed by atoms with Crippen LogP contribution in [0.5, 0.6) is 0 Å². The molecule has 0 aliphatic carbocycles. The molecule has 26 nitrogen and oxygen atoms in total. The summed E-state index contributed by atoms with van der Waals surface area (Å²) in [5.41, 5.74) is 0. The summed E-state index contributed by atoms with van der Waals surface area (Å²) < 4.78 is 159. The number of hydrogen-bond donors (Lipinski definition) is 2. The second kappa shape index (κ2) is 53.6. The zero-order valence-electron chi connectivity index (χ0n) is 93.8. The Morgan fingerprint density at radius 3 is 0.572 bits per heavy atom. The van der Waals surface area contributed by atoms with Crippen LogP contribution in [-0.4, -0.2) is 247 Å². The van der Waals surface area contributed by atoms with Gasteiger partial charge in [0.2, 0.25) is 0 Å². The maximum atomic E-state index is 11.3. The Hall–Kier alpha value is -1.04. The quantitative estimate of drug-likeness (QED) is 0.0618. The molecule has 12 saturated heterocycles. The van der Waals surface area contributed by atoms with Crippen LogP contribution in [-0.2, 0) is 114 Å². The first-order valence-corrected chi connectivity index (χ1v) is 56.2. The summed E-state index contributed by atoms with van der Waals surface area (Å²) in [5.74, 6) is 4.66. The average Bonchev–Trinajstić information content (AvgIpc) is 0.770. The molecule has 24 unspecified atom stereocenters. The zero-order chi connectivity index (χ0) is 102. The molecule has 0 aromatic carbocycles. The van der Waals surface area contributed by atoms with Gasteiger partial charge in [0.25, 0.3) is 0 Å². The highest BCUT2D eigenvalue weighted by Gasteiger charge is 2.59. The van der Waals surface area contributed by atoms with E-state index in [1.165, 1.54) is 0 Å². The van der Waals surface area contributed by atoms with E-state index in [1.807, 2.05) is 6.92 Å². The van der Waals surface area contributed by atoms with Gasteiger partial charge in [0.05, 0.1) is 97.7 Å². The summed E-state index contributed by atoms with van der Waals surface area (Å²) in [6.07, 6.45) is 1.43. The molecule has 0 aromatic heterocycles. The first-order chi connectivity index (χ1) is 65.5. The minimum Gasteiger partial charge on any atom is -0.392 e. The van der Waals surface area contributed by atoms with Crippen molar-refractivity contribution in [2.24, 2.45) is 148 Å². The third-order valence-corrected chi connectivity index (χ3v) is 38.2. The molecular weight excluding hydrogens is 1760 g/mol. The van der Waals surface area contributed by atoms with Crippen LogP contribution in [0.2, 0.25) is 0 Å². The van der Waals surface area contributed by atoms with Gasteiger partial charge in [-0.15, -0.1) is 0 Å². The lowest BCUT2D eigenvalue weighted by atomic mass is 9.78. The van der Waals surface area contributed by atoms with Crippen molar-refractivity contribution in [1.29, 1.82) is 0 Å². The Balaban J connectivity index is 0.000000214. The van der Waals surface area contributed by atoms with Gasteiger partial charge in [0.15, 0.2) is 75.5 Å². The Morgan fingerprint density at radius 1 is 0.138 bits per heavy atom. The van der Waals surface area contributed by atoms with Gasteiger partial charge in [-0.1, -0.05) is 256 Å². The van der Waals surface area contributed by atoms with Crippen LogP contribution in [0.4, 0.5) is 0 Å². The van der Waals surface area contributed by atoms with E-state index in [4.69, 9.17) is 114 Å². The van der Waals surface area contributed by atoms with Gasteiger partial charge in [-0.2, -0.15) is 0 Å². The summed E-state index contributed by atoms with van der Waals surface area (Å²) in [5, 5.41) is 22.4. The molecule has 0 radical (unpaired) electrons. The van der Waals surface area contributed by atoms with Crippen LogP contribution in [0.1, 0.15) is 333 Å². The molecule has 60 atom stereocenters. The van der Waals surface area contributed by atoms with Crippen molar-refractivity contribution in [3.8, 4) is 0 Å². The fraction of sp³-hybridized carbons (Fsp3) is 1.00. The Kier molecular flexibility index (Phi) is 46.2.